The molecule has 2 aliphatic heterocycles. The minimum atomic E-state index is -0.491. The molecule has 1 aromatic rings. The van der Waals surface area contributed by atoms with Crippen LogP contribution < -0.4 is 0 Å². The first kappa shape index (κ1) is 17.0. The Hall–Kier alpha value is -1.84. The molecule has 2 heterocycles. The third kappa shape index (κ3) is 3.47. The minimum Gasteiger partial charge on any atom is -0.444 e. The first-order chi connectivity index (χ1) is 11.2. The maximum absolute atomic E-state index is 13.9. The molecule has 2 unspecified atom stereocenters. The first-order valence-corrected chi connectivity index (χ1v) is 8.73. The average molecular weight is 331 g/mol. The number of carbonyl (C=O) groups is 1. The zero-order valence-corrected chi connectivity index (χ0v) is 14.9. The standard InChI is InChI=1S/C20H26FNO2/c1-13-8-9-14(12-18(13)21)15-10-16-6-5-7-17(11-15)22(16)19(23)24-20(2,3)4/h8-10,12,16-17H,5-7,11H2,1-4H3. The van der Waals surface area contributed by atoms with Crippen LogP contribution in [0.25, 0.3) is 5.57 Å². The highest BCUT2D eigenvalue weighted by molar-refractivity contribution is 5.74. The lowest BCUT2D eigenvalue weighted by Crippen LogP contribution is -2.53. The Bertz CT molecular complexity index is 675. The lowest BCUT2D eigenvalue weighted by atomic mass is 9.83. The molecule has 4 heteroatoms. The highest BCUT2D eigenvalue weighted by Crippen LogP contribution is 2.38. The van der Waals surface area contributed by atoms with Gasteiger partial charge in [-0.05, 0) is 76.1 Å². The molecule has 1 amide bonds. The van der Waals surface area contributed by atoms with E-state index in [-0.39, 0.29) is 24.0 Å². The predicted octanol–water partition coefficient (Wildman–Crippen LogP) is 5.08. The quantitative estimate of drug-likeness (QED) is 0.718. The second-order valence-electron chi connectivity index (χ2n) is 7.90. The Morgan fingerprint density at radius 1 is 1.29 bits per heavy atom. The summed E-state index contributed by atoms with van der Waals surface area (Å²) in [4.78, 5) is 14.5. The third-order valence-electron chi connectivity index (χ3n) is 4.78. The van der Waals surface area contributed by atoms with Gasteiger partial charge in [0.25, 0.3) is 0 Å². The molecule has 1 saturated heterocycles. The fourth-order valence-corrected chi connectivity index (χ4v) is 3.64. The summed E-state index contributed by atoms with van der Waals surface area (Å²) in [6, 6.07) is 5.60. The molecule has 0 aliphatic carbocycles. The Balaban J connectivity index is 1.87. The van der Waals surface area contributed by atoms with Crippen molar-refractivity contribution >= 4 is 11.7 Å². The number of fused-ring (bicyclic) bond motifs is 2. The van der Waals surface area contributed by atoms with Crippen LogP contribution in [0.5, 0.6) is 0 Å². The van der Waals surface area contributed by atoms with E-state index in [0.717, 1.165) is 36.8 Å². The number of piperidine rings is 1. The number of aryl methyl sites for hydroxylation is 1. The molecule has 3 rings (SSSR count). The van der Waals surface area contributed by atoms with Crippen molar-refractivity contribution in [3.63, 3.8) is 0 Å². The summed E-state index contributed by atoms with van der Waals surface area (Å²) < 4.78 is 19.5. The smallest absolute Gasteiger partial charge is 0.411 e. The van der Waals surface area contributed by atoms with E-state index in [1.54, 1.807) is 13.0 Å². The van der Waals surface area contributed by atoms with Gasteiger partial charge in [-0.25, -0.2) is 9.18 Å². The Morgan fingerprint density at radius 2 is 2.04 bits per heavy atom. The first-order valence-electron chi connectivity index (χ1n) is 8.73. The monoisotopic (exact) mass is 331 g/mol. The van der Waals surface area contributed by atoms with Gasteiger partial charge < -0.3 is 4.74 Å². The van der Waals surface area contributed by atoms with Gasteiger partial charge in [0.05, 0.1) is 6.04 Å². The second kappa shape index (κ2) is 6.23. The summed E-state index contributed by atoms with van der Waals surface area (Å²) in [6.45, 7) is 7.44. The fourth-order valence-electron chi connectivity index (χ4n) is 3.64. The number of ether oxygens (including phenoxy) is 1. The molecule has 3 nitrogen and oxygen atoms in total. The van der Waals surface area contributed by atoms with Crippen LogP contribution in [0.3, 0.4) is 0 Å². The second-order valence-corrected chi connectivity index (χ2v) is 7.90. The number of nitrogens with zero attached hydrogens (tertiary/aromatic N) is 1. The molecular formula is C20H26FNO2. The van der Waals surface area contributed by atoms with Crippen molar-refractivity contribution in [1.29, 1.82) is 0 Å². The van der Waals surface area contributed by atoms with Crippen molar-refractivity contribution in [2.45, 2.75) is 71.1 Å². The highest BCUT2D eigenvalue weighted by Gasteiger charge is 2.39. The number of amides is 1. The molecule has 0 saturated carbocycles. The normalized spacial score (nSPS) is 23.7. The van der Waals surface area contributed by atoms with Gasteiger partial charge in [0.2, 0.25) is 0 Å². The maximum atomic E-state index is 13.9. The van der Waals surface area contributed by atoms with Crippen molar-refractivity contribution in [2.75, 3.05) is 0 Å². The zero-order valence-electron chi connectivity index (χ0n) is 14.9. The number of hydrogen-bond acceptors (Lipinski definition) is 2. The Morgan fingerprint density at radius 3 is 2.67 bits per heavy atom. The molecule has 0 spiro atoms. The van der Waals surface area contributed by atoms with Crippen LogP contribution in [0.4, 0.5) is 9.18 Å². The van der Waals surface area contributed by atoms with Gasteiger partial charge >= 0.3 is 6.09 Å². The molecule has 24 heavy (non-hydrogen) atoms. The summed E-state index contributed by atoms with van der Waals surface area (Å²) in [6.07, 6.45) is 5.68. The van der Waals surface area contributed by atoms with Crippen LogP contribution in [0.1, 0.15) is 57.6 Å². The van der Waals surface area contributed by atoms with Crippen molar-refractivity contribution in [3.05, 3.63) is 41.2 Å². The summed E-state index contributed by atoms with van der Waals surface area (Å²) in [7, 11) is 0. The SMILES string of the molecule is Cc1ccc(C2=CC3CCCC(C2)N3C(=O)OC(C)(C)C)cc1F. The maximum Gasteiger partial charge on any atom is 0.411 e. The molecule has 0 N–H and O–H groups in total. The van der Waals surface area contributed by atoms with E-state index in [1.165, 1.54) is 0 Å². The molecule has 2 bridgehead atoms. The molecule has 1 fully saturated rings. The highest BCUT2D eigenvalue weighted by atomic mass is 19.1. The summed E-state index contributed by atoms with van der Waals surface area (Å²) in [5.74, 6) is -0.173. The molecule has 0 aromatic heterocycles. The van der Waals surface area contributed by atoms with E-state index in [1.807, 2.05) is 37.8 Å². The van der Waals surface area contributed by atoms with Crippen molar-refractivity contribution < 1.29 is 13.9 Å². The van der Waals surface area contributed by atoms with Gasteiger partial charge in [-0.15, -0.1) is 0 Å². The molecule has 2 atom stereocenters. The lowest BCUT2D eigenvalue weighted by molar-refractivity contribution is 0.0000829. The number of rotatable bonds is 1. The number of carbonyl (C=O) groups excluding carboxylic acids is 1. The molecule has 2 aliphatic rings. The molecule has 1 aromatic carbocycles. The number of benzene rings is 1. The summed E-state index contributed by atoms with van der Waals surface area (Å²) in [5, 5.41) is 0. The largest absolute Gasteiger partial charge is 0.444 e. The van der Waals surface area contributed by atoms with Crippen molar-refractivity contribution in [2.24, 2.45) is 0 Å². The summed E-state index contributed by atoms with van der Waals surface area (Å²) >= 11 is 0. The third-order valence-corrected chi connectivity index (χ3v) is 4.78. The van der Waals surface area contributed by atoms with Gasteiger partial charge in [0, 0.05) is 6.04 Å². The summed E-state index contributed by atoms with van der Waals surface area (Å²) in [5.41, 5.74) is 2.24. The van der Waals surface area contributed by atoms with E-state index < -0.39 is 5.60 Å². The van der Waals surface area contributed by atoms with Crippen LogP contribution in [0, 0.1) is 12.7 Å². The fraction of sp³-hybridized carbons (Fsp3) is 0.550. The van der Waals surface area contributed by atoms with Gasteiger partial charge in [0.1, 0.15) is 11.4 Å². The Kier molecular flexibility index (Phi) is 4.41. The lowest BCUT2D eigenvalue weighted by Gasteiger charge is -2.45. The van der Waals surface area contributed by atoms with E-state index in [9.17, 15) is 9.18 Å². The average Bonchev–Trinajstić information content (AvgIpc) is 2.47. The van der Waals surface area contributed by atoms with Crippen LogP contribution in [-0.2, 0) is 4.74 Å². The molecule has 0 radical (unpaired) electrons. The van der Waals surface area contributed by atoms with Crippen molar-refractivity contribution in [3.8, 4) is 0 Å². The van der Waals surface area contributed by atoms with Gasteiger partial charge in [-0.2, -0.15) is 0 Å². The molecule has 130 valence electrons. The van der Waals surface area contributed by atoms with E-state index in [0.29, 0.717) is 5.56 Å². The van der Waals surface area contributed by atoms with Crippen LogP contribution in [-0.4, -0.2) is 28.7 Å². The van der Waals surface area contributed by atoms with Gasteiger partial charge in [-0.3, -0.25) is 4.90 Å². The topological polar surface area (TPSA) is 29.5 Å². The number of hydrogen-bond donors (Lipinski definition) is 0. The van der Waals surface area contributed by atoms with E-state index >= 15 is 0 Å². The number of halogens is 1. The van der Waals surface area contributed by atoms with Crippen LogP contribution in [0.15, 0.2) is 24.3 Å². The van der Waals surface area contributed by atoms with E-state index in [2.05, 4.69) is 6.08 Å². The van der Waals surface area contributed by atoms with Gasteiger partial charge in [0.15, 0.2) is 0 Å². The predicted molar refractivity (Wildman–Crippen MR) is 93.2 cm³/mol. The van der Waals surface area contributed by atoms with Crippen molar-refractivity contribution in [1.82, 2.24) is 4.90 Å². The molecular weight excluding hydrogens is 305 g/mol. The minimum absolute atomic E-state index is 0.0479. The Labute approximate surface area is 143 Å². The van der Waals surface area contributed by atoms with E-state index in [4.69, 9.17) is 4.74 Å². The zero-order chi connectivity index (χ0) is 17.5. The van der Waals surface area contributed by atoms with Crippen LogP contribution in [0.2, 0.25) is 0 Å². The van der Waals surface area contributed by atoms with Crippen LogP contribution >= 0.6 is 0 Å². The van der Waals surface area contributed by atoms with Gasteiger partial charge in [-0.1, -0.05) is 18.2 Å².